The van der Waals surface area contributed by atoms with Gasteiger partial charge in [0, 0.05) is 18.8 Å². The van der Waals surface area contributed by atoms with Crippen molar-refractivity contribution >= 4 is 11.8 Å². The monoisotopic (exact) mass is 263 g/mol. The molecule has 1 saturated heterocycles. The summed E-state index contributed by atoms with van der Waals surface area (Å²) in [5.41, 5.74) is 0.466. The molecule has 1 unspecified atom stereocenters. The number of methoxy groups -OCH3 is 1. The molecular weight excluding hydrogens is 242 g/mol. The Labute approximate surface area is 114 Å². The lowest BCUT2D eigenvalue weighted by molar-refractivity contribution is 0.0600. The number of hydrogen-bond donors (Lipinski definition) is 0. The van der Waals surface area contributed by atoms with Crippen LogP contribution in [0.1, 0.15) is 48.8 Å². The smallest absolute Gasteiger partial charge is 0.343 e. The number of ether oxygens (including phenoxy) is 1. The Morgan fingerprint density at radius 2 is 2.32 bits per heavy atom. The summed E-state index contributed by atoms with van der Waals surface area (Å²) in [6.45, 7) is 4.96. The molecule has 0 radical (unpaired) electrons. The van der Waals surface area contributed by atoms with Crippen molar-refractivity contribution in [2.45, 2.75) is 45.6 Å². The van der Waals surface area contributed by atoms with Crippen LogP contribution < -0.4 is 4.90 Å². The number of nitrogens with zero attached hydrogens (tertiary/aromatic N) is 3. The molecule has 0 amide bonds. The highest BCUT2D eigenvalue weighted by Gasteiger charge is 2.27. The molecule has 1 fully saturated rings. The summed E-state index contributed by atoms with van der Waals surface area (Å²) in [6, 6.07) is 0.450. The number of rotatable bonds is 3. The van der Waals surface area contributed by atoms with E-state index in [9.17, 15) is 4.79 Å². The molecule has 0 aromatic carbocycles. The predicted octanol–water partition coefficient (Wildman–Crippen LogP) is 2.34. The van der Waals surface area contributed by atoms with E-state index < -0.39 is 0 Å². The van der Waals surface area contributed by atoms with Gasteiger partial charge in [-0.1, -0.05) is 6.92 Å². The second-order valence-corrected chi connectivity index (χ2v) is 4.90. The van der Waals surface area contributed by atoms with E-state index in [0.29, 0.717) is 17.4 Å². The zero-order valence-electron chi connectivity index (χ0n) is 11.8. The van der Waals surface area contributed by atoms with Crippen LogP contribution in [-0.2, 0) is 4.74 Å². The van der Waals surface area contributed by atoms with Crippen molar-refractivity contribution in [2.75, 3.05) is 18.6 Å². The molecule has 5 heteroatoms. The highest BCUT2D eigenvalue weighted by Crippen LogP contribution is 2.27. The normalized spacial score (nSPS) is 19.3. The van der Waals surface area contributed by atoms with E-state index >= 15 is 0 Å². The number of esters is 1. The first-order valence-electron chi connectivity index (χ1n) is 6.86. The van der Waals surface area contributed by atoms with Crippen LogP contribution >= 0.6 is 0 Å². The summed E-state index contributed by atoms with van der Waals surface area (Å²) in [5, 5.41) is 0. The molecule has 5 nitrogen and oxygen atoms in total. The SMILES string of the molecule is CCC1CCCCN1c1nc(C)ncc1C(=O)OC. The fourth-order valence-electron chi connectivity index (χ4n) is 2.63. The van der Waals surface area contributed by atoms with Gasteiger partial charge in [0.2, 0.25) is 0 Å². The first-order chi connectivity index (χ1) is 9.17. The van der Waals surface area contributed by atoms with E-state index in [4.69, 9.17) is 4.74 Å². The molecule has 1 aliphatic heterocycles. The molecule has 19 heavy (non-hydrogen) atoms. The van der Waals surface area contributed by atoms with Crippen molar-refractivity contribution in [3.8, 4) is 0 Å². The minimum Gasteiger partial charge on any atom is -0.465 e. The zero-order chi connectivity index (χ0) is 13.8. The number of carbonyl (C=O) groups is 1. The zero-order valence-corrected chi connectivity index (χ0v) is 11.8. The average molecular weight is 263 g/mol. The van der Waals surface area contributed by atoms with Gasteiger partial charge in [-0.05, 0) is 32.6 Å². The maximum atomic E-state index is 11.9. The molecule has 2 rings (SSSR count). The second-order valence-electron chi connectivity index (χ2n) is 4.90. The third-order valence-corrected chi connectivity index (χ3v) is 3.66. The van der Waals surface area contributed by atoms with Crippen LogP contribution in [0.2, 0.25) is 0 Å². The number of aryl methyl sites for hydroxylation is 1. The highest BCUT2D eigenvalue weighted by molar-refractivity contribution is 5.94. The fraction of sp³-hybridized carbons (Fsp3) is 0.643. The number of anilines is 1. The van der Waals surface area contributed by atoms with E-state index in [0.717, 1.165) is 31.6 Å². The van der Waals surface area contributed by atoms with Crippen LogP contribution in [0.3, 0.4) is 0 Å². The summed E-state index contributed by atoms with van der Waals surface area (Å²) in [6.07, 6.45) is 6.17. The summed E-state index contributed by atoms with van der Waals surface area (Å²) in [7, 11) is 1.39. The van der Waals surface area contributed by atoms with Gasteiger partial charge < -0.3 is 9.64 Å². The van der Waals surface area contributed by atoms with Gasteiger partial charge >= 0.3 is 5.97 Å². The van der Waals surface area contributed by atoms with Crippen molar-refractivity contribution in [1.29, 1.82) is 0 Å². The topological polar surface area (TPSA) is 55.3 Å². The van der Waals surface area contributed by atoms with Crippen LogP contribution in [0.4, 0.5) is 5.82 Å². The molecule has 0 bridgehead atoms. The van der Waals surface area contributed by atoms with E-state index in [2.05, 4.69) is 21.8 Å². The quantitative estimate of drug-likeness (QED) is 0.783. The minimum absolute atomic E-state index is 0.365. The Kier molecular flexibility index (Phi) is 4.35. The standard InChI is InChI=1S/C14H21N3O2/c1-4-11-7-5-6-8-17(11)13-12(14(18)19-3)9-15-10(2)16-13/h9,11H,4-8H2,1-3H3. The van der Waals surface area contributed by atoms with Crippen LogP contribution in [0.25, 0.3) is 0 Å². The first-order valence-corrected chi connectivity index (χ1v) is 6.86. The lowest BCUT2D eigenvalue weighted by Gasteiger charge is -2.36. The average Bonchev–Trinajstić information content (AvgIpc) is 2.46. The van der Waals surface area contributed by atoms with Gasteiger partial charge in [-0.25, -0.2) is 14.8 Å². The summed E-state index contributed by atoms with van der Waals surface area (Å²) in [4.78, 5) is 22.7. The Hall–Kier alpha value is -1.65. The lowest BCUT2D eigenvalue weighted by Crippen LogP contribution is -2.40. The molecule has 1 aromatic heterocycles. The molecule has 1 aromatic rings. The van der Waals surface area contributed by atoms with Crippen LogP contribution in [-0.4, -0.2) is 35.6 Å². The molecule has 1 aliphatic rings. The van der Waals surface area contributed by atoms with Crippen LogP contribution in [0.15, 0.2) is 6.20 Å². The first kappa shape index (κ1) is 13.8. The Balaban J connectivity index is 2.40. The van der Waals surface area contributed by atoms with Gasteiger partial charge in [-0.2, -0.15) is 0 Å². The number of piperidine rings is 1. The largest absolute Gasteiger partial charge is 0.465 e. The summed E-state index contributed by atoms with van der Waals surface area (Å²) >= 11 is 0. The molecule has 104 valence electrons. The number of aromatic nitrogens is 2. The molecule has 0 spiro atoms. The lowest BCUT2D eigenvalue weighted by atomic mass is 9.99. The van der Waals surface area contributed by atoms with Gasteiger partial charge in [0.25, 0.3) is 0 Å². The van der Waals surface area contributed by atoms with Gasteiger partial charge in [0.05, 0.1) is 7.11 Å². The maximum absolute atomic E-state index is 11.9. The van der Waals surface area contributed by atoms with Crippen LogP contribution in [0, 0.1) is 6.92 Å². The van der Waals surface area contributed by atoms with Crippen molar-refractivity contribution in [1.82, 2.24) is 9.97 Å². The van der Waals surface area contributed by atoms with Crippen molar-refractivity contribution in [3.63, 3.8) is 0 Å². The highest BCUT2D eigenvalue weighted by atomic mass is 16.5. The van der Waals surface area contributed by atoms with E-state index in [1.54, 1.807) is 6.20 Å². The van der Waals surface area contributed by atoms with Crippen LogP contribution in [0.5, 0.6) is 0 Å². The maximum Gasteiger partial charge on any atom is 0.343 e. The Bertz CT molecular complexity index is 462. The third-order valence-electron chi connectivity index (χ3n) is 3.66. The number of carbonyl (C=O) groups excluding carboxylic acids is 1. The van der Waals surface area contributed by atoms with Crippen molar-refractivity contribution in [3.05, 3.63) is 17.6 Å². The predicted molar refractivity (Wildman–Crippen MR) is 73.4 cm³/mol. The molecule has 0 N–H and O–H groups in total. The molecule has 2 heterocycles. The molecule has 0 aliphatic carbocycles. The van der Waals surface area contributed by atoms with Crippen molar-refractivity contribution < 1.29 is 9.53 Å². The summed E-state index contributed by atoms with van der Waals surface area (Å²) in [5.74, 6) is 1.05. The second kappa shape index (κ2) is 5.99. The fourth-order valence-corrected chi connectivity index (χ4v) is 2.63. The van der Waals surface area contributed by atoms with Gasteiger partial charge in [-0.15, -0.1) is 0 Å². The van der Waals surface area contributed by atoms with E-state index in [-0.39, 0.29) is 5.97 Å². The van der Waals surface area contributed by atoms with Gasteiger partial charge in [0.1, 0.15) is 17.2 Å². The van der Waals surface area contributed by atoms with E-state index in [1.165, 1.54) is 13.5 Å². The Morgan fingerprint density at radius 1 is 1.53 bits per heavy atom. The minimum atomic E-state index is -0.365. The van der Waals surface area contributed by atoms with E-state index in [1.807, 2.05) is 6.92 Å². The number of hydrogen-bond acceptors (Lipinski definition) is 5. The molecular formula is C14H21N3O2. The molecule has 0 saturated carbocycles. The Morgan fingerprint density at radius 3 is 3.00 bits per heavy atom. The van der Waals surface area contributed by atoms with Gasteiger partial charge in [-0.3, -0.25) is 0 Å². The summed E-state index contributed by atoms with van der Waals surface area (Å²) < 4.78 is 4.83. The van der Waals surface area contributed by atoms with Gasteiger partial charge in [0.15, 0.2) is 0 Å². The third kappa shape index (κ3) is 2.85. The molecule has 1 atom stereocenters. The van der Waals surface area contributed by atoms with Crippen molar-refractivity contribution in [2.24, 2.45) is 0 Å².